The van der Waals surface area contributed by atoms with Crippen molar-refractivity contribution in [2.45, 2.75) is 19.9 Å². The van der Waals surface area contributed by atoms with E-state index >= 15 is 0 Å². The van der Waals surface area contributed by atoms with Crippen LogP contribution >= 0.6 is 11.6 Å². The van der Waals surface area contributed by atoms with Crippen LogP contribution in [0.3, 0.4) is 0 Å². The SMILES string of the molecule is CCNC(=NCc1ccc(OC)cc1OC)NCCc1nc(-c2cccc(Cl)c2)no1. The molecule has 0 aliphatic heterocycles. The van der Waals surface area contributed by atoms with Gasteiger partial charge in [0.05, 0.1) is 20.8 Å². The highest BCUT2D eigenvalue weighted by atomic mass is 35.5. The van der Waals surface area contributed by atoms with Crippen LogP contribution in [0.25, 0.3) is 11.4 Å². The predicted molar refractivity (Wildman–Crippen MR) is 121 cm³/mol. The van der Waals surface area contributed by atoms with E-state index < -0.39 is 0 Å². The van der Waals surface area contributed by atoms with Gasteiger partial charge in [-0.3, -0.25) is 0 Å². The second-order valence-electron chi connectivity index (χ2n) is 6.57. The Morgan fingerprint density at radius 1 is 1.13 bits per heavy atom. The van der Waals surface area contributed by atoms with E-state index in [9.17, 15) is 0 Å². The lowest BCUT2D eigenvalue weighted by atomic mass is 10.2. The summed E-state index contributed by atoms with van der Waals surface area (Å²) in [7, 11) is 3.26. The van der Waals surface area contributed by atoms with Gasteiger partial charge in [0.15, 0.2) is 5.96 Å². The molecular weight excluding hydrogens is 418 g/mol. The number of nitrogens with one attached hydrogen (secondary N) is 2. The quantitative estimate of drug-likeness (QED) is 0.384. The summed E-state index contributed by atoms with van der Waals surface area (Å²) in [6.45, 7) is 3.80. The lowest BCUT2D eigenvalue weighted by molar-refractivity contribution is 0.378. The Kier molecular flexibility index (Phi) is 8.12. The van der Waals surface area contributed by atoms with Crippen molar-refractivity contribution < 1.29 is 14.0 Å². The minimum absolute atomic E-state index is 0.460. The fourth-order valence-corrected chi connectivity index (χ4v) is 3.07. The minimum atomic E-state index is 0.460. The van der Waals surface area contributed by atoms with Gasteiger partial charge >= 0.3 is 0 Å². The van der Waals surface area contributed by atoms with Crippen molar-refractivity contribution in [3.05, 3.63) is 58.9 Å². The predicted octanol–water partition coefficient (Wildman–Crippen LogP) is 3.71. The molecule has 0 aliphatic carbocycles. The molecule has 0 unspecified atom stereocenters. The summed E-state index contributed by atoms with van der Waals surface area (Å²) in [5.74, 6) is 3.22. The molecule has 164 valence electrons. The Bertz CT molecular complexity index is 1020. The van der Waals surface area contributed by atoms with E-state index in [1.165, 1.54) is 0 Å². The van der Waals surface area contributed by atoms with Crippen molar-refractivity contribution in [2.75, 3.05) is 27.3 Å². The third-order valence-electron chi connectivity index (χ3n) is 4.43. The number of hydrogen-bond acceptors (Lipinski definition) is 6. The number of nitrogens with zero attached hydrogens (tertiary/aromatic N) is 3. The zero-order valence-electron chi connectivity index (χ0n) is 17.8. The van der Waals surface area contributed by atoms with Gasteiger partial charge in [0.2, 0.25) is 11.7 Å². The van der Waals surface area contributed by atoms with Gasteiger partial charge in [-0.15, -0.1) is 0 Å². The molecule has 3 aromatic rings. The van der Waals surface area contributed by atoms with Crippen LogP contribution in [0.5, 0.6) is 11.5 Å². The first-order valence-electron chi connectivity index (χ1n) is 9.94. The fraction of sp³-hybridized carbons (Fsp3) is 0.318. The van der Waals surface area contributed by atoms with Gasteiger partial charge in [-0.05, 0) is 31.2 Å². The molecule has 0 bridgehead atoms. The van der Waals surface area contributed by atoms with Crippen LogP contribution in [0.4, 0.5) is 0 Å². The summed E-state index contributed by atoms with van der Waals surface area (Å²) in [5.41, 5.74) is 1.78. The molecule has 2 N–H and O–H groups in total. The highest BCUT2D eigenvalue weighted by Crippen LogP contribution is 2.25. The van der Waals surface area contributed by atoms with E-state index in [0.29, 0.717) is 42.2 Å². The molecule has 2 aromatic carbocycles. The highest BCUT2D eigenvalue weighted by molar-refractivity contribution is 6.30. The zero-order chi connectivity index (χ0) is 22.1. The molecule has 0 saturated heterocycles. The monoisotopic (exact) mass is 443 g/mol. The summed E-state index contributed by atoms with van der Waals surface area (Å²) >= 11 is 6.03. The molecule has 0 aliphatic rings. The zero-order valence-corrected chi connectivity index (χ0v) is 18.6. The number of guanidine groups is 1. The van der Waals surface area contributed by atoms with Gasteiger partial charge in [0.1, 0.15) is 11.5 Å². The molecule has 0 amide bonds. The average molecular weight is 444 g/mol. The Morgan fingerprint density at radius 3 is 2.74 bits per heavy atom. The molecule has 1 heterocycles. The molecule has 8 nitrogen and oxygen atoms in total. The molecule has 0 fully saturated rings. The van der Waals surface area contributed by atoms with Crippen molar-refractivity contribution in [2.24, 2.45) is 4.99 Å². The molecule has 0 spiro atoms. The standard InChI is InChI=1S/C22H26ClN5O3/c1-4-24-22(26-14-16-8-9-18(29-2)13-19(16)30-3)25-11-10-20-27-21(28-31-20)15-6-5-7-17(23)12-15/h5-9,12-13H,4,10-11,14H2,1-3H3,(H2,24,25,26). The molecule has 0 saturated carbocycles. The highest BCUT2D eigenvalue weighted by Gasteiger charge is 2.10. The van der Waals surface area contributed by atoms with E-state index in [0.717, 1.165) is 29.2 Å². The maximum Gasteiger partial charge on any atom is 0.228 e. The Labute approximate surface area is 186 Å². The lowest BCUT2D eigenvalue weighted by Crippen LogP contribution is -2.38. The fourth-order valence-electron chi connectivity index (χ4n) is 2.88. The van der Waals surface area contributed by atoms with Crippen LogP contribution in [0.2, 0.25) is 5.02 Å². The topological polar surface area (TPSA) is 93.8 Å². The number of aromatic nitrogens is 2. The molecule has 0 radical (unpaired) electrons. The van der Waals surface area contributed by atoms with Crippen LogP contribution < -0.4 is 20.1 Å². The number of ether oxygens (including phenoxy) is 2. The first-order valence-corrected chi connectivity index (χ1v) is 10.3. The summed E-state index contributed by atoms with van der Waals surface area (Å²) in [5, 5.41) is 11.2. The van der Waals surface area contributed by atoms with Crippen LogP contribution in [-0.2, 0) is 13.0 Å². The number of rotatable bonds is 9. The van der Waals surface area contributed by atoms with Crippen molar-refractivity contribution in [1.82, 2.24) is 20.8 Å². The minimum Gasteiger partial charge on any atom is -0.497 e. The molecule has 9 heteroatoms. The number of aliphatic imine (C=N–C) groups is 1. The van der Waals surface area contributed by atoms with Gasteiger partial charge in [0.25, 0.3) is 0 Å². The van der Waals surface area contributed by atoms with Crippen molar-refractivity contribution in [1.29, 1.82) is 0 Å². The van der Waals surface area contributed by atoms with E-state index in [4.69, 9.17) is 25.6 Å². The smallest absolute Gasteiger partial charge is 0.228 e. The summed E-state index contributed by atoms with van der Waals surface area (Å²) in [4.78, 5) is 9.07. The number of halogens is 1. The van der Waals surface area contributed by atoms with Crippen molar-refractivity contribution >= 4 is 17.6 Å². The van der Waals surface area contributed by atoms with Crippen molar-refractivity contribution in [3.63, 3.8) is 0 Å². The molecule has 0 atom stereocenters. The summed E-state index contributed by atoms with van der Waals surface area (Å²) in [6.07, 6.45) is 0.559. The number of methoxy groups -OCH3 is 2. The maximum absolute atomic E-state index is 6.03. The molecular formula is C22H26ClN5O3. The Hall–Kier alpha value is -3.26. The van der Waals surface area contributed by atoms with Crippen LogP contribution in [0.1, 0.15) is 18.4 Å². The van der Waals surface area contributed by atoms with Gasteiger partial charge in [-0.25, -0.2) is 4.99 Å². The van der Waals surface area contributed by atoms with E-state index in [1.54, 1.807) is 26.4 Å². The Balaban J connectivity index is 1.58. The molecule has 31 heavy (non-hydrogen) atoms. The summed E-state index contributed by atoms with van der Waals surface area (Å²) < 4.78 is 16.0. The van der Waals surface area contributed by atoms with Gasteiger partial charge in [-0.1, -0.05) is 28.9 Å². The Morgan fingerprint density at radius 2 is 2.00 bits per heavy atom. The van der Waals surface area contributed by atoms with Gasteiger partial charge < -0.3 is 24.6 Å². The second kappa shape index (κ2) is 11.2. The first kappa shape index (κ1) is 22.4. The summed E-state index contributed by atoms with van der Waals surface area (Å²) in [6, 6.07) is 13.0. The largest absolute Gasteiger partial charge is 0.497 e. The van der Waals surface area contributed by atoms with E-state index in [-0.39, 0.29) is 0 Å². The van der Waals surface area contributed by atoms with Crippen LogP contribution in [-0.4, -0.2) is 43.4 Å². The van der Waals surface area contributed by atoms with E-state index in [2.05, 4.69) is 25.8 Å². The maximum atomic E-state index is 6.03. The third kappa shape index (κ3) is 6.36. The van der Waals surface area contributed by atoms with Crippen molar-refractivity contribution in [3.8, 4) is 22.9 Å². The van der Waals surface area contributed by atoms with E-state index in [1.807, 2.05) is 37.3 Å². The average Bonchev–Trinajstić information content (AvgIpc) is 3.26. The van der Waals surface area contributed by atoms with Gasteiger partial charge in [0, 0.05) is 41.7 Å². The van der Waals surface area contributed by atoms with Crippen LogP contribution in [0, 0.1) is 0 Å². The third-order valence-corrected chi connectivity index (χ3v) is 4.66. The molecule has 3 rings (SSSR count). The second-order valence-corrected chi connectivity index (χ2v) is 7.01. The number of hydrogen-bond donors (Lipinski definition) is 2. The molecule has 1 aromatic heterocycles. The normalized spacial score (nSPS) is 11.3. The lowest BCUT2D eigenvalue weighted by Gasteiger charge is -2.12. The van der Waals surface area contributed by atoms with Gasteiger partial charge in [-0.2, -0.15) is 4.98 Å². The number of benzene rings is 2. The van der Waals surface area contributed by atoms with Crippen LogP contribution in [0.15, 0.2) is 52.0 Å². The first-order chi connectivity index (χ1) is 15.1.